The Hall–Kier alpha value is -2.52. The first kappa shape index (κ1) is 21.8. The molecule has 28 heavy (non-hydrogen) atoms. The summed E-state index contributed by atoms with van der Waals surface area (Å²) in [5, 5.41) is 2.68. The van der Waals surface area contributed by atoms with Gasteiger partial charge in [0.15, 0.2) is 0 Å². The zero-order chi connectivity index (χ0) is 20.7. The van der Waals surface area contributed by atoms with Crippen LogP contribution in [-0.4, -0.2) is 27.0 Å². The minimum absolute atomic E-state index is 0.0942. The molecule has 0 bridgehead atoms. The van der Waals surface area contributed by atoms with E-state index in [1.165, 1.54) is 24.3 Å². The van der Waals surface area contributed by atoms with Crippen molar-refractivity contribution in [1.29, 1.82) is 0 Å². The van der Waals surface area contributed by atoms with Gasteiger partial charge in [-0.15, -0.1) is 0 Å². The molecule has 0 fully saturated rings. The monoisotopic (exact) mass is 412 g/mol. The average Bonchev–Trinajstić information content (AvgIpc) is 2.59. The number of sulfonamides is 1. The fraction of sp³-hybridized carbons (Fsp3) is 0.316. The van der Waals surface area contributed by atoms with Crippen LogP contribution in [-0.2, 0) is 22.3 Å². The van der Waals surface area contributed by atoms with Crippen LogP contribution in [0.5, 0.6) is 5.75 Å². The molecule has 0 saturated carbocycles. The first-order chi connectivity index (χ1) is 13.1. The van der Waals surface area contributed by atoms with Crippen LogP contribution in [0.3, 0.4) is 0 Å². The number of halogens is 2. The Morgan fingerprint density at radius 2 is 1.71 bits per heavy atom. The summed E-state index contributed by atoms with van der Waals surface area (Å²) < 4.78 is 55.2. The van der Waals surface area contributed by atoms with Crippen molar-refractivity contribution in [3.8, 4) is 5.75 Å². The van der Waals surface area contributed by atoms with Crippen LogP contribution < -0.4 is 14.8 Å². The van der Waals surface area contributed by atoms with Crippen molar-refractivity contribution in [3.05, 3.63) is 65.2 Å². The molecule has 0 aliphatic rings. The van der Waals surface area contributed by atoms with Gasteiger partial charge in [-0.3, -0.25) is 4.79 Å². The lowest BCUT2D eigenvalue weighted by molar-refractivity contribution is -0.0498. The quantitative estimate of drug-likeness (QED) is 0.663. The van der Waals surface area contributed by atoms with E-state index in [0.717, 1.165) is 5.56 Å². The summed E-state index contributed by atoms with van der Waals surface area (Å²) in [5.41, 5.74) is 1.59. The second kappa shape index (κ2) is 9.61. The molecule has 9 heteroatoms. The molecular formula is C19H22F2N2O4S. The van der Waals surface area contributed by atoms with Gasteiger partial charge in [0.25, 0.3) is 5.91 Å². The predicted octanol–water partition coefficient (Wildman–Crippen LogP) is 3.05. The van der Waals surface area contributed by atoms with Gasteiger partial charge < -0.3 is 10.1 Å². The van der Waals surface area contributed by atoms with Gasteiger partial charge in [-0.1, -0.05) is 30.3 Å². The fourth-order valence-electron chi connectivity index (χ4n) is 2.47. The highest BCUT2D eigenvalue weighted by Gasteiger charge is 2.13. The van der Waals surface area contributed by atoms with Crippen LogP contribution in [0, 0.1) is 0 Å². The molecule has 0 spiro atoms. The molecule has 0 heterocycles. The van der Waals surface area contributed by atoms with Gasteiger partial charge in [0, 0.05) is 18.2 Å². The summed E-state index contributed by atoms with van der Waals surface area (Å²) in [5.74, 6) is -0.662. The summed E-state index contributed by atoms with van der Waals surface area (Å²) in [6.07, 6.45) is 0. The Kier molecular flexibility index (Phi) is 7.47. The number of hydrogen-bond acceptors (Lipinski definition) is 4. The SMILES string of the molecule is CC(C)NS(=O)(=O)Cc1ccc(CNC(=O)c2cccc(OC(F)F)c2)cc1. The van der Waals surface area contributed by atoms with E-state index in [2.05, 4.69) is 14.8 Å². The summed E-state index contributed by atoms with van der Waals surface area (Å²) in [6, 6.07) is 12.1. The number of carbonyl (C=O) groups is 1. The number of benzene rings is 2. The predicted molar refractivity (Wildman–Crippen MR) is 102 cm³/mol. The van der Waals surface area contributed by atoms with Gasteiger partial charge in [0.2, 0.25) is 10.0 Å². The van der Waals surface area contributed by atoms with E-state index >= 15 is 0 Å². The Labute approximate surface area is 163 Å². The third kappa shape index (κ3) is 7.24. The summed E-state index contributed by atoms with van der Waals surface area (Å²) in [7, 11) is -3.41. The van der Waals surface area contributed by atoms with Crippen molar-refractivity contribution in [2.24, 2.45) is 0 Å². The van der Waals surface area contributed by atoms with Crippen LogP contribution in [0.2, 0.25) is 0 Å². The van der Waals surface area contributed by atoms with E-state index in [0.29, 0.717) is 5.56 Å². The van der Waals surface area contributed by atoms with Gasteiger partial charge >= 0.3 is 6.61 Å². The normalized spacial score (nSPS) is 11.6. The van der Waals surface area contributed by atoms with Crippen molar-refractivity contribution in [1.82, 2.24) is 10.0 Å². The summed E-state index contributed by atoms with van der Waals surface area (Å²) in [6.45, 7) is 0.740. The third-order valence-corrected chi connectivity index (χ3v) is 5.11. The molecule has 2 N–H and O–H groups in total. The third-order valence-electron chi connectivity index (χ3n) is 3.57. The van der Waals surface area contributed by atoms with Crippen LogP contribution >= 0.6 is 0 Å². The zero-order valence-electron chi connectivity index (χ0n) is 15.5. The Bertz CT molecular complexity index is 900. The minimum Gasteiger partial charge on any atom is -0.435 e. The maximum absolute atomic E-state index is 12.3. The highest BCUT2D eigenvalue weighted by atomic mass is 32.2. The van der Waals surface area contributed by atoms with Gasteiger partial charge in [-0.05, 0) is 43.2 Å². The molecule has 0 saturated heterocycles. The first-order valence-corrected chi connectivity index (χ1v) is 10.2. The number of carbonyl (C=O) groups excluding carboxylic acids is 1. The molecule has 2 aromatic rings. The van der Waals surface area contributed by atoms with E-state index in [9.17, 15) is 22.0 Å². The van der Waals surface area contributed by atoms with Crippen molar-refractivity contribution in [2.75, 3.05) is 0 Å². The standard InChI is InChI=1S/C19H22F2N2O4S/c1-13(2)23-28(25,26)12-15-8-6-14(7-9-15)11-22-18(24)16-4-3-5-17(10-16)27-19(20)21/h3-10,13,19,23H,11-12H2,1-2H3,(H,22,24). The molecule has 0 radical (unpaired) electrons. The Morgan fingerprint density at radius 1 is 1.07 bits per heavy atom. The van der Waals surface area contributed by atoms with E-state index in [-0.39, 0.29) is 29.7 Å². The van der Waals surface area contributed by atoms with Crippen molar-refractivity contribution >= 4 is 15.9 Å². The van der Waals surface area contributed by atoms with Gasteiger partial charge in [0.05, 0.1) is 5.75 Å². The largest absolute Gasteiger partial charge is 0.435 e. The van der Waals surface area contributed by atoms with Gasteiger partial charge in [-0.2, -0.15) is 8.78 Å². The van der Waals surface area contributed by atoms with Gasteiger partial charge in [0.1, 0.15) is 5.75 Å². The summed E-state index contributed by atoms with van der Waals surface area (Å²) >= 11 is 0. The molecular weight excluding hydrogens is 390 g/mol. The van der Waals surface area contributed by atoms with Crippen molar-refractivity contribution in [3.63, 3.8) is 0 Å². The molecule has 6 nitrogen and oxygen atoms in total. The molecule has 0 aromatic heterocycles. The molecule has 2 rings (SSSR count). The minimum atomic E-state index is -3.41. The molecule has 0 aliphatic heterocycles. The molecule has 1 amide bonds. The number of rotatable bonds is 9. The number of hydrogen-bond donors (Lipinski definition) is 2. The number of nitrogens with one attached hydrogen (secondary N) is 2. The van der Waals surface area contributed by atoms with Crippen molar-refractivity contribution < 1.29 is 26.7 Å². The topological polar surface area (TPSA) is 84.5 Å². The van der Waals surface area contributed by atoms with Crippen molar-refractivity contribution in [2.45, 2.75) is 38.8 Å². The molecule has 152 valence electrons. The second-order valence-corrected chi connectivity index (χ2v) is 8.19. The number of amides is 1. The molecule has 0 unspecified atom stereocenters. The van der Waals surface area contributed by atoms with E-state index in [1.807, 2.05) is 0 Å². The lowest BCUT2D eigenvalue weighted by atomic mass is 10.1. The van der Waals surface area contributed by atoms with E-state index < -0.39 is 22.5 Å². The smallest absolute Gasteiger partial charge is 0.387 e. The second-order valence-electron chi connectivity index (χ2n) is 6.44. The van der Waals surface area contributed by atoms with Crippen LogP contribution in [0.4, 0.5) is 8.78 Å². The van der Waals surface area contributed by atoms with E-state index in [4.69, 9.17) is 0 Å². The van der Waals surface area contributed by atoms with E-state index in [1.54, 1.807) is 38.1 Å². The summed E-state index contributed by atoms with van der Waals surface area (Å²) in [4.78, 5) is 12.2. The maximum Gasteiger partial charge on any atom is 0.387 e. The molecule has 0 atom stereocenters. The first-order valence-electron chi connectivity index (χ1n) is 8.55. The van der Waals surface area contributed by atoms with Gasteiger partial charge in [-0.25, -0.2) is 13.1 Å². The van der Waals surface area contributed by atoms with Crippen LogP contribution in [0.1, 0.15) is 35.3 Å². The van der Waals surface area contributed by atoms with Crippen LogP contribution in [0.25, 0.3) is 0 Å². The average molecular weight is 412 g/mol. The zero-order valence-corrected chi connectivity index (χ0v) is 16.3. The number of ether oxygens (including phenoxy) is 1. The highest BCUT2D eigenvalue weighted by Crippen LogP contribution is 2.16. The molecule has 2 aromatic carbocycles. The number of alkyl halides is 2. The Morgan fingerprint density at radius 3 is 2.32 bits per heavy atom. The lowest BCUT2D eigenvalue weighted by Gasteiger charge is -2.10. The molecule has 0 aliphatic carbocycles. The maximum atomic E-state index is 12.3. The fourth-order valence-corrected chi connectivity index (χ4v) is 3.90. The highest BCUT2D eigenvalue weighted by molar-refractivity contribution is 7.88. The lowest BCUT2D eigenvalue weighted by Crippen LogP contribution is -2.31. The van der Waals surface area contributed by atoms with Crippen LogP contribution in [0.15, 0.2) is 48.5 Å². The Balaban J connectivity index is 1.93.